The summed E-state index contributed by atoms with van der Waals surface area (Å²) in [4.78, 5) is 14.9. The summed E-state index contributed by atoms with van der Waals surface area (Å²) in [7, 11) is 1.63. The Labute approximate surface area is 164 Å². The second kappa shape index (κ2) is 9.21. The van der Waals surface area contributed by atoms with Gasteiger partial charge in [0.15, 0.2) is 11.5 Å². The Morgan fingerprint density at radius 2 is 1.86 bits per heavy atom. The van der Waals surface area contributed by atoms with E-state index >= 15 is 0 Å². The summed E-state index contributed by atoms with van der Waals surface area (Å²) >= 11 is 0. The summed E-state index contributed by atoms with van der Waals surface area (Å²) in [5, 5.41) is 10.7. The standard InChI is InChI=1S/C21H26N4O3/c1-4-10-25(21(26)16-7-8-17-18(13-16)23-24-22-17)14-15-6-9-19(28-11-5-2)20(12-15)27-3/h6-9,12-13H,4-5,10-11,14H2,1-3H3,(H,22,23,24). The van der Waals surface area contributed by atoms with Crippen LogP contribution in [0.5, 0.6) is 11.5 Å². The van der Waals surface area contributed by atoms with Gasteiger partial charge in [0.2, 0.25) is 0 Å². The molecule has 148 valence electrons. The summed E-state index contributed by atoms with van der Waals surface area (Å²) in [5.41, 5.74) is 3.02. The molecular formula is C21H26N4O3. The first-order valence-corrected chi connectivity index (χ1v) is 9.55. The van der Waals surface area contributed by atoms with Crippen LogP contribution in [0.15, 0.2) is 36.4 Å². The maximum Gasteiger partial charge on any atom is 0.254 e. The number of carbonyl (C=O) groups excluding carboxylic acids is 1. The lowest BCUT2D eigenvalue weighted by atomic mass is 10.1. The van der Waals surface area contributed by atoms with Crippen LogP contribution < -0.4 is 9.47 Å². The molecule has 0 saturated carbocycles. The van der Waals surface area contributed by atoms with E-state index in [-0.39, 0.29) is 5.91 Å². The van der Waals surface area contributed by atoms with Crippen LogP contribution in [-0.4, -0.2) is 46.5 Å². The van der Waals surface area contributed by atoms with Gasteiger partial charge in [-0.05, 0) is 48.7 Å². The first kappa shape index (κ1) is 19.7. The summed E-state index contributed by atoms with van der Waals surface area (Å²) in [5.74, 6) is 1.37. The number of carbonyl (C=O) groups is 1. The average Bonchev–Trinajstić information content (AvgIpc) is 3.19. The fraction of sp³-hybridized carbons (Fsp3) is 0.381. The number of aromatic nitrogens is 3. The number of hydrogen-bond donors (Lipinski definition) is 1. The molecule has 3 aromatic rings. The lowest BCUT2D eigenvalue weighted by molar-refractivity contribution is 0.0743. The highest BCUT2D eigenvalue weighted by Crippen LogP contribution is 2.29. The number of aromatic amines is 1. The third-order valence-corrected chi connectivity index (χ3v) is 4.41. The summed E-state index contributed by atoms with van der Waals surface area (Å²) in [6.07, 6.45) is 1.80. The van der Waals surface area contributed by atoms with Crippen LogP contribution in [0.1, 0.15) is 42.6 Å². The topological polar surface area (TPSA) is 80.3 Å². The minimum atomic E-state index is -0.0305. The Morgan fingerprint density at radius 1 is 1.04 bits per heavy atom. The molecule has 0 bridgehead atoms. The van der Waals surface area contributed by atoms with Gasteiger partial charge in [-0.25, -0.2) is 0 Å². The van der Waals surface area contributed by atoms with E-state index in [9.17, 15) is 4.79 Å². The minimum Gasteiger partial charge on any atom is -0.493 e. The molecule has 7 heteroatoms. The summed E-state index contributed by atoms with van der Waals surface area (Å²) in [6.45, 7) is 5.91. The zero-order valence-electron chi connectivity index (χ0n) is 16.6. The fourth-order valence-electron chi connectivity index (χ4n) is 3.04. The Kier molecular flexibility index (Phi) is 6.47. The molecule has 0 aliphatic heterocycles. The van der Waals surface area contributed by atoms with E-state index in [1.807, 2.05) is 23.1 Å². The van der Waals surface area contributed by atoms with Crippen molar-refractivity contribution in [3.05, 3.63) is 47.5 Å². The van der Waals surface area contributed by atoms with Gasteiger partial charge < -0.3 is 14.4 Å². The molecule has 0 spiro atoms. The van der Waals surface area contributed by atoms with Crippen molar-refractivity contribution in [1.29, 1.82) is 0 Å². The van der Waals surface area contributed by atoms with Crippen LogP contribution >= 0.6 is 0 Å². The number of nitrogens with zero attached hydrogens (tertiary/aromatic N) is 3. The zero-order chi connectivity index (χ0) is 19.9. The Hall–Kier alpha value is -3.09. The molecule has 1 amide bonds. The number of nitrogens with one attached hydrogen (secondary N) is 1. The molecule has 0 aliphatic rings. The lowest BCUT2D eigenvalue weighted by Gasteiger charge is -2.23. The molecule has 2 aromatic carbocycles. The fourth-order valence-corrected chi connectivity index (χ4v) is 3.04. The SMILES string of the molecule is CCCOc1ccc(CN(CCC)C(=O)c2ccc3n[nH]nc3c2)cc1OC. The molecule has 0 radical (unpaired) electrons. The van der Waals surface area contributed by atoms with E-state index in [2.05, 4.69) is 29.3 Å². The predicted molar refractivity (Wildman–Crippen MR) is 108 cm³/mol. The highest BCUT2D eigenvalue weighted by molar-refractivity contribution is 5.97. The van der Waals surface area contributed by atoms with E-state index in [1.54, 1.807) is 25.3 Å². The number of ether oxygens (including phenoxy) is 2. The largest absolute Gasteiger partial charge is 0.493 e. The maximum atomic E-state index is 13.1. The number of benzene rings is 2. The molecule has 0 saturated heterocycles. The number of amides is 1. The molecule has 28 heavy (non-hydrogen) atoms. The molecule has 0 aliphatic carbocycles. The number of methoxy groups -OCH3 is 1. The van der Waals surface area contributed by atoms with E-state index in [1.165, 1.54) is 0 Å². The first-order valence-electron chi connectivity index (χ1n) is 9.55. The van der Waals surface area contributed by atoms with Crippen molar-refractivity contribution in [2.24, 2.45) is 0 Å². The molecule has 1 aromatic heterocycles. The molecule has 0 fully saturated rings. The Balaban J connectivity index is 1.80. The molecule has 0 unspecified atom stereocenters. The van der Waals surface area contributed by atoms with Crippen LogP contribution in [0.25, 0.3) is 11.0 Å². The van der Waals surface area contributed by atoms with E-state index in [0.717, 1.165) is 29.7 Å². The van der Waals surface area contributed by atoms with Crippen LogP contribution in [0.3, 0.4) is 0 Å². The van der Waals surface area contributed by atoms with Crippen molar-refractivity contribution in [2.45, 2.75) is 33.2 Å². The van der Waals surface area contributed by atoms with Gasteiger partial charge in [-0.2, -0.15) is 15.4 Å². The molecule has 3 rings (SSSR count). The minimum absolute atomic E-state index is 0.0305. The van der Waals surface area contributed by atoms with Crippen molar-refractivity contribution >= 4 is 16.9 Å². The third-order valence-electron chi connectivity index (χ3n) is 4.41. The van der Waals surface area contributed by atoms with Gasteiger partial charge in [-0.3, -0.25) is 4.79 Å². The Bertz CT molecular complexity index is 938. The quantitative estimate of drug-likeness (QED) is 0.609. The van der Waals surface area contributed by atoms with Crippen molar-refractivity contribution in [1.82, 2.24) is 20.3 Å². The Morgan fingerprint density at radius 3 is 2.61 bits per heavy atom. The van der Waals surface area contributed by atoms with Gasteiger partial charge in [0.25, 0.3) is 5.91 Å². The van der Waals surface area contributed by atoms with Crippen LogP contribution in [0, 0.1) is 0 Å². The van der Waals surface area contributed by atoms with Gasteiger partial charge >= 0.3 is 0 Å². The molecule has 0 atom stereocenters. The second-order valence-corrected chi connectivity index (χ2v) is 6.59. The van der Waals surface area contributed by atoms with Gasteiger partial charge in [0, 0.05) is 18.7 Å². The van der Waals surface area contributed by atoms with Crippen molar-refractivity contribution in [3.8, 4) is 11.5 Å². The highest BCUT2D eigenvalue weighted by Gasteiger charge is 2.17. The van der Waals surface area contributed by atoms with E-state index in [0.29, 0.717) is 36.5 Å². The highest BCUT2D eigenvalue weighted by atomic mass is 16.5. The number of fused-ring (bicyclic) bond motifs is 1. The van der Waals surface area contributed by atoms with Crippen LogP contribution in [0.4, 0.5) is 0 Å². The molecular weight excluding hydrogens is 356 g/mol. The van der Waals surface area contributed by atoms with Crippen molar-refractivity contribution < 1.29 is 14.3 Å². The zero-order valence-corrected chi connectivity index (χ0v) is 16.6. The number of H-pyrrole nitrogens is 1. The normalized spacial score (nSPS) is 10.8. The average molecular weight is 382 g/mol. The molecule has 1 heterocycles. The second-order valence-electron chi connectivity index (χ2n) is 6.59. The van der Waals surface area contributed by atoms with Crippen molar-refractivity contribution in [3.63, 3.8) is 0 Å². The van der Waals surface area contributed by atoms with Gasteiger partial charge in [0.1, 0.15) is 11.0 Å². The number of hydrogen-bond acceptors (Lipinski definition) is 5. The predicted octanol–water partition coefficient (Wildman–Crippen LogP) is 3.81. The lowest BCUT2D eigenvalue weighted by Crippen LogP contribution is -2.31. The third kappa shape index (κ3) is 4.42. The first-order chi connectivity index (χ1) is 13.7. The van der Waals surface area contributed by atoms with Gasteiger partial charge in [-0.1, -0.05) is 19.9 Å². The molecule has 1 N–H and O–H groups in total. The monoisotopic (exact) mass is 382 g/mol. The summed E-state index contributed by atoms with van der Waals surface area (Å²) < 4.78 is 11.2. The van der Waals surface area contributed by atoms with Crippen molar-refractivity contribution in [2.75, 3.05) is 20.3 Å². The van der Waals surface area contributed by atoms with E-state index < -0.39 is 0 Å². The van der Waals surface area contributed by atoms with E-state index in [4.69, 9.17) is 9.47 Å². The smallest absolute Gasteiger partial charge is 0.254 e. The maximum absolute atomic E-state index is 13.1. The van der Waals surface area contributed by atoms with Gasteiger partial charge in [-0.15, -0.1) is 0 Å². The molecule has 7 nitrogen and oxygen atoms in total. The van der Waals surface area contributed by atoms with Crippen LogP contribution in [-0.2, 0) is 6.54 Å². The number of rotatable bonds is 9. The van der Waals surface area contributed by atoms with Crippen LogP contribution in [0.2, 0.25) is 0 Å². The van der Waals surface area contributed by atoms with Gasteiger partial charge in [0.05, 0.1) is 13.7 Å². The summed E-state index contributed by atoms with van der Waals surface area (Å²) in [6, 6.07) is 11.2.